The molecule has 3 nitrogen and oxygen atoms in total. The van der Waals surface area contributed by atoms with E-state index in [1.165, 1.54) is 24.2 Å². The first-order valence-electron chi connectivity index (χ1n) is 5.76. The molecule has 0 radical (unpaired) electrons. The highest BCUT2D eigenvalue weighted by Gasteiger charge is 2.19. The van der Waals surface area contributed by atoms with E-state index < -0.39 is 0 Å². The minimum absolute atomic E-state index is 0.194. The molecule has 1 aromatic rings. The quantitative estimate of drug-likeness (QED) is 0.658. The Hall–Kier alpha value is -1.60. The SMILES string of the molecule is N#C/C(=C/c1cccs1)C(=O)NC1CCCC1. The zero-order valence-electron chi connectivity index (χ0n) is 9.48. The Balaban J connectivity index is 2.03. The third-order valence-corrected chi connectivity index (χ3v) is 3.70. The fourth-order valence-electron chi connectivity index (χ4n) is 2.00. The highest BCUT2D eigenvalue weighted by molar-refractivity contribution is 7.10. The molecule has 0 spiro atoms. The van der Waals surface area contributed by atoms with Crippen LogP contribution in [-0.2, 0) is 4.79 Å². The van der Waals surface area contributed by atoms with Crippen LogP contribution in [0, 0.1) is 11.3 Å². The van der Waals surface area contributed by atoms with Crippen LogP contribution in [0.25, 0.3) is 6.08 Å². The Bertz CT molecular complexity index is 450. The molecule has 1 amide bonds. The predicted molar refractivity (Wildman–Crippen MR) is 68.3 cm³/mol. The van der Waals surface area contributed by atoms with Crippen LogP contribution >= 0.6 is 11.3 Å². The van der Waals surface area contributed by atoms with Crippen molar-refractivity contribution in [3.8, 4) is 6.07 Å². The Morgan fingerprint density at radius 1 is 1.53 bits per heavy atom. The van der Waals surface area contributed by atoms with Crippen LogP contribution in [0.5, 0.6) is 0 Å². The van der Waals surface area contributed by atoms with E-state index in [0.29, 0.717) is 0 Å². The summed E-state index contributed by atoms with van der Waals surface area (Å²) in [5.41, 5.74) is 0.194. The number of hydrogen-bond donors (Lipinski definition) is 1. The summed E-state index contributed by atoms with van der Waals surface area (Å²) in [5.74, 6) is -0.243. The molecule has 1 saturated carbocycles. The first-order chi connectivity index (χ1) is 8.29. The number of carbonyl (C=O) groups excluding carboxylic acids is 1. The second-order valence-corrected chi connectivity index (χ2v) is 5.12. The van der Waals surface area contributed by atoms with E-state index in [0.717, 1.165) is 17.7 Å². The molecular formula is C13H14N2OS. The van der Waals surface area contributed by atoms with Crippen LogP contribution < -0.4 is 5.32 Å². The lowest BCUT2D eigenvalue weighted by atomic mass is 10.2. The van der Waals surface area contributed by atoms with E-state index in [1.807, 2.05) is 23.6 Å². The maximum Gasteiger partial charge on any atom is 0.262 e. The van der Waals surface area contributed by atoms with Gasteiger partial charge in [0.2, 0.25) is 0 Å². The third-order valence-electron chi connectivity index (χ3n) is 2.89. The first kappa shape index (κ1) is 11.9. The fourth-order valence-corrected chi connectivity index (χ4v) is 2.65. The Labute approximate surface area is 105 Å². The lowest BCUT2D eigenvalue weighted by Crippen LogP contribution is -2.33. The van der Waals surface area contributed by atoms with Crippen molar-refractivity contribution >= 4 is 23.3 Å². The van der Waals surface area contributed by atoms with Crippen LogP contribution in [0.2, 0.25) is 0 Å². The van der Waals surface area contributed by atoms with Gasteiger partial charge in [-0.25, -0.2) is 0 Å². The van der Waals surface area contributed by atoms with E-state index in [9.17, 15) is 4.79 Å². The lowest BCUT2D eigenvalue weighted by molar-refractivity contribution is -0.117. The Morgan fingerprint density at radius 2 is 2.29 bits per heavy atom. The summed E-state index contributed by atoms with van der Waals surface area (Å²) < 4.78 is 0. The van der Waals surface area contributed by atoms with Gasteiger partial charge in [0.25, 0.3) is 5.91 Å². The molecule has 2 rings (SSSR count). The van der Waals surface area contributed by atoms with Gasteiger partial charge < -0.3 is 5.32 Å². The molecule has 88 valence electrons. The van der Waals surface area contributed by atoms with Crippen molar-refractivity contribution < 1.29 is 4.79 Å². The van der Waals surface area contributed by atoms with Crippen molar-refractivity contribution in [1.29, 1.82) is 5.26 Å². The van der Waals surface area contributed by atoms with Gasteiger partial charge in [0.15, 0.2) is 0 Å². The maximum atomic E-state index is 11.9. The van der Waals surface area contributed by atoms with Gasteiger partial charge in [0.1, 0.15) is 11.6 Å². The van der Waals surface area contributed by atoms with Crippen molar-refractivity contribution in [3.05, 3.63) is 28.0 Å². The minimum atomic E-state index is -0.243. The molecule has 1 aliphatic rings. The smallest absolute Gasteiger partial charge is 0.262 e. The van der Waals surface area contributed by atoms with Crippen molar-refractivity contribution in [1.82, 2.24) is 5.32 Å². The largest absolute Gasteiger partial charge is 0.349 e. The second-order valence-electron chi connectivity index (χ2n) is 4.14. The van der Waals surface area contributed by atoms with Gasteiger partial charge in [0.05, 0.1) is 0 Å². The molecule has 1 fully saturated rings. The van der Waals surface area contributed by atoms with Crippen LogP contribution in [0.4, 0.5) is 0 Å². The average Bonchev–Trinajstić information content (AvgIpc) is 2.97. The molecule has 1 aliphatic carbocycles. The first-order valence-corrected chi connectivity index (χ1v) is 6.64. The molecule has 0 bridgehead atoms. The Kier molecular flexibility index (Phi) is 3.94. The number of hydrogen-bond acceptors (Lipinski definition) is 3. The Morgan fingerprint density at radius 3 is 2.88 bits per heavy atom. The van der Waals surface area contributed by atoms with Gasteiger partial charge >= 0.3 is 0 Å². The minimum Gasteiger partial charge on any atom is -0.349 e. The summed E-state index contributed by atoms with van der Waals surface area (Å²) in [4.78, 5) is 12.8. The summed E-state index contributed by atoms with van der Waals surface area (Å²) in [5, 5.41) is 13.8. The number of nitrogens with one attached hydrogen (secondary N) is 1. The highest BCUT2D eigenvalue weighted by Crippen LogP contribution is 2.18. The van der Waals surface area contributed by atoms with Gasteiger partial charge in [-0.05, 0) is 30.4 Å². The van der Waals surface area contributed by atoms with Crippen LogP contribution in [0.1, 0.15) is 30.6 Å². The van der Waals surface area contributed by atoms with Gasteiger partial charge in [-0.1, -0.05) is 18.9 Å². The monoisotopic (exact) mass is 246 g/mol. The highest BCUT2D eigenvalue weighted by atomic mass is 32.1. The maximum absolute atomic E-state index is 11.9. The van der Waals surface area contributed by atoms with Crippen molar-refractivity contribution in [3.63, 3.8) is 0 Å². The predicted octanol–water partition coefficient (Wildman–Crippen LogP) is 2.71. The molecule has 0 saturated heterocycles. The van der Waals surface area contributed by atoms with E-state index in [4.69, 9.17) is 5.26 Å². The number of carbonyl (C=O) groups is 1. The molecule has 4 heteroatoms. The molecular weight excluding hydrogens is 232 g/mol. The summed E-state index contributed by atoms with van der Waals surface area (Å²) in [6.07, 6.45) is 6.05. The molecule has 0 aromatic carbocycles. The number of nitrogens with zero attached hydrogens (tertiary/aromatic N) is 1. The van der Waals surface area contributed by atoms with E-state index >= 15 is 0 Å². The summed E-state index contributed by atoms with van der Waals surface area (Å²) in [7, 11) is 0. The van der Waals surface area contributed by atoms with Crippen molar-refractivity contribution in [2.75, 3.05) is 0 Å². The van der Waals surface area contributed by atoms with Gasteiger partial charge in [-0.15, -0.1) is 11.3 Å². The molecule has 1 aromatic heterocycles. The molecule has 0 unspecified atom stereocenters. The normalized spacial score (nSPS) is 16.8. The van der Waals surface area contributed by atoms with E-state index in [-0.39, 0.29) is 17.5 Å². The molecule has 0 atom stereocenters. The number of nitriles is 1. The van der Waals surface area contributed by atoms with Crippen LogP contribution in [0.3, 0.4) is 0 Å². The second kappa shape index (κ2) is 5.65. The topological polar surface area (TPSA) is 52.9 Å². The zero-order valence-corrected chi connectivity index (χ0v) is 10.3. The number of amides is 1. The molecule has 0 aliphatic heterocycles. The van der Waals surface area contributed by atoms with E-state index in [2.05, 4.69) is 5.32 Å². The van der Waals surface area contributed by atoms with Crippen molar-refractivity contribution in [2.45, 2.75) is 31.7 Å². The third kappa shape index (κ3) is 3.18. The lowest BCUT2D eigenvalue weighted by Gasteiger charge is -2.10. The average molecular weight is 246 g/mol. The number of thiophene rings is 1. The van der Waals surface area contributed by atoms with Gasteiger partial charge in [0, 0.05) is 10.9 Å². The summed E-state index contributed by atoms with van der Waals surface area (Å²) in [6, 6.07) is 6.02. The fraction of sp³-hybridized carbons (Fsp3) is 0.385. The van der Waals surface area contributed by atoms with Gasteiger partial charge in [-0.3, -0.25) is 4.79 Å². The molecule has 1 N–H and O–H groups in total. The van der Waals surface area contributed by atoms with Crippen molar-refractivity contribution in [2.24, 2.45) is 0 Å². The standard InChI is InChI=1S/C13H14N2OS/c14-9-10(8-12-6-3-7-17-12)13(16)15-11-4-1-2-5-11/h3,6-8,11H,1-2,4-5H2,(H,15,16)/b10-8-. The summed E-state index contributed by atoms with van der Waals surface area (Å²) in [6.45, 7) is 0. The summed E-state index contributed by atoms with van der Waals surface area (Å²) >= 11 is 1.52. The zero-order chi connectivity index (χ0) is 12.1. The van der Waals surface area contributed by atoms with Crippen LogP contribution in [-0.4, -0.2) is 11.9 Å². The molecule has 17 heavy (non-hydrogen) atoms. The molecule has 1 heterocycles. The van der Waals surface area contributed by atoms with Gasteiger partial charge in [-0.2, -0.15) is 5.26 Å². The van der Waals surface area contributed by atoms with E-state index in [1.54, 1.807) is 6.08 Å². The van der Waals surface area contributed by atoms with Crippen LogP contribution in [0.15, 0.2) is 23.1 Å². The number of rotatable bonds is 3.